The van der Waals surface area contributed by atoms with Gasteiger partial charge < -0.3 is 4.55 Å². The van der Waals surface area contributed by atoms with Crippen molar-refractivity contribution < 1.29 is 51.7 Å². The second kappa shape index (κ2) is 17.2. The molecule has 0 rings (SSSR count). The van der Waals surface area contributed by atoms with Gasteiger partial charge in [0.1, 0.15) is 0 Å². The monoisotopic (exact) mass is 332 g/mol. The number of hydrogen-bond donors (Lipinski definition) is 0. The molecule has 7 heteroatoms. The maximum atomic E-state index is 10.0. The van der Waals surface area contributed by atoms with Crippen LogP contribution in [-0.2, 0) is 19.6 Å². The van der Waals surface area contributed by atoms with Crippen molar-refractivity contribution in [1.29, 1.82) is 0 Å². The molecule has 0 bridgehead atoms. The first kappa shape index (κ1) is 24.1. The van der Waals surface area contributed by atoms with Gasteiger partial charge in [0, 0.05) is 0 Å². The molecule has 0 heterocycles. The Labute approximate surface area is 152 Å². The van der Waals surface area contributed by atoms with E-state index in [4.69, 9.17) is 0 Å². The van der Waals surface area contributed by atoms with Crippen LogP contribution >= 0.6 is 0 Å². The van der Waals surface area contributed by atoms with Gasteiger partial charge in [-0.3, -0.25) is 0 Å². The van der Waals surface area contributed by atoms with Crippen molar-refractivity contribution in [1.82, 2.24) is 0 Å². The van der Waals surface area contributed by atoms with Crippen LogP contribution in [0.5, 0.6) is 0 Å². The second-order valence-electron chi connectivity index (χ2n) is 5.19. The summed E-state index contributed by atoms with van der Waals surface area (Å²) >= 11 is 0. The van der Waals surface area contributed by atoms with Crippen molar-refractivity contribution in [3.8, 4) is 0 Å². The average molecular weight is 332 g/mol. The predicted molar refractivity (Wildman–Crippen MR) is 77.8 cm³/mol. The summed E-state index contributed by atoms with van der Waals surface area (Å²) in [7, 11) is -4.71. The molecule has 0 fully saturated rings. The average Bonchev–Trinajstić information content (AvgIpc) is 2.38. The Morgan fingerprint density at radius 1 is 0.762 bits per heavy atom. The first-order chi connectivity index (χ1) is 9.56. The molecule has 0 N–H and O–H groups in total. The van der Waals surface area contributed by atoms with E-state index in [9.17, 15) is 13.0 Å². The molecule has 0 aliphatic rings. The zero-order valence-corrected chi connectivity index (χ0v) is 16.5. The van der Waals surface area contributed by atoms with E-state index in [1.807, 2.05) is 0 Å². The van der Waals surface area contributed by atoms with Crippen LogP contribution in [0.1, 0.15) is 84.0 Å². The van der Waals surface area contributed by atoms with E-state index >= 15 is 0 Å². The Kier molecular flexibility index (Phi) is 19.7. The molecular weight excluding hydrogens is 303 g/mol. The second-order valence-corrected chi connectivity index (χ2v) is 6.14. The summed E-state index contributed by atoms with van der Waals surface area (Å²) in [5.41, 5.74) is 0. The smallest absolute Gasteiger partial charge is 0.724 e. The standard InChI is InChI=1S/C14H30O5S.Na/c1-2-3-4-5-6-7-8-9-10-11-12-13-14-18-19-20(15,16)17;/h2-14H2,1H3,(H,15,16,17);/q;+1/p-1. The van der Waals surface area contributed by atoms with Gasteiger partial charge in [-0.25, -0.2) is 13.3 Å². The molecule has 0 unspecified atom stereocenters. The van der Waals surface area contributed by atoms with Crippen LogP contribution in [0, 0.1) is 0 Å². The van der Waals surface area contributed by atoms with E-state index in [1.54, 1.807) is 0 Å². The van der Waals surface area contributed by atoms with E-state index in [2.05, 4.69) is 16.1 Å². The van der Waals surface area contributed by atoms with Gasteiger partial charge in [0.2, 0.25) is 10.4 Å². The molecule has 5 nitrogen and oxygen atoms in total. The molecule has 0 saturated carbocycles. The molecule has 0 aromatic rings. The van der Waals surface area contributed by atoms with Gasteiger partial charge in [0.05, 0.1) is 6.61 Å². The molecule has 0 aliphatic carbocycles. The van der Waals surface area contributed by atoms with Gasteiger partial charge in [-0.2, -0.15) is 0 Å². The summed E-state index contributed by atoms with van der Waals surface area (Å²) in [6.07, 6.45) is 14.7. The molecule has 0 amide bonds. The Balaban J connectivity index is 0. The van der Waals surface area contributed by atoms with Gasteiger partial charge in [0.15, 0.2) is 0 Å². The van der Waals surface area contributed by atoms with E-state index in [0.29, 0.717) is 6.42 Å². The van der Waals surface area contributed by atoms with Crippen LogP contribution in [0.15, 0.2) is 0 Å². The molecule has 0 aromatic carbocycles. The molecular formula is C14H29NaO5S. The third-order valence-electron chi connectivity index (χ3n) is 3.21. The van der Waals surface area contributed by atoms with Crippen molar-refractivity contribution in [2.75, 3.05) is 6.61 Å². The molecule has 0 saturated heterocycles. The van der Waals surface area contributed by atoms with E-state index in [0.717, 1.165) is 12.8 Å². The van der Waals surface area contributed by atoms with Crippen LogP contribution < -0.4 is 29.6 Å². The van der Waals surface area contributed by atoms with Crippen molar-refractivity contribution in [2.45, 2.75) is 84.0 Å². The Hall–Kier alpha value is 0.830. The Morgan fingerprint density at radius 3 is 1.52 bits per heavy atom. The van der Waals surface area contributed by atoms with Crippen LogP contribution in [0.3, 0.4) is 0 Å². The topological polar surface area (TPSA) is 75.7 Å². The van der Waals surface area contributed by atoms with Crippen LogP contribution in [0.4, 0.5) is 0 Å². The van der Waals surface area contributed by atoms with Crippen molar-refractivity contribution >= 4 is 10.4 Å². The van der Waals surface area contributed by atoms with Crippen molar-refractivity contribution in [2.24, 2.45) is 0 Å². The van der Waals surface area contributed by atoms with E-state index in [1.165, 1.54) is 57.8 Å². The summed E-state index contributed by atoms with van der Waals surface area (Å²) in [6.45, 7) is 2.38. The Bertz CT molecular complexity index is 296. The van der Waals surface area contributed by atoms with Crippen LogP contribution in [-0.4, -0.2) is 19.6 Å². The SMILES string of the molecule is CCCCCCCCCCCCCCOOS(=O)(=O)[O-].[Na+]. The number of unbranched alkanes of at least 4 members (excludes halogenated alkanes) is 11. The summed E-state index contributed by atoms with van der Waals surface area (Å²) < 4.78 is 33.8. The van der Waals surface area contributed by atoms with Gasteiger partial charge in [-0.05, 0) is 6.42 Å². The summed E-state index contributed by atoms with van der Waals surface area (Å²) in [6, 6.07) is 0. The largest absolute Gasteiger partial charge is 1.00 e. The first-order valence-electron chi connectivity index (χ1n) is 7.83. The normalized spacial score (nSPS) is 11.3. The zero-order chi connectivity index (χ0) is 15.1. The predicted octanol–water partition coefficient (Wildman–Crippen LogP) is 1.10. The summed E-state index contributed by atoms with van der Waals surface area (Å²) in [5.74, 6) is 0. The van der Waals surface area contributed by atoms with Gasteiger partial charge in [-0.15, -0.1) is 4.33 Å². The fourth-order valence-electron chi connectivity index (χ4n) is 2.09. The first-order valence-corrected chi connectivity index (χ1v) is 9.16. The van der Waals surface area contributed by atoms with Crippen molar-refractivity contribution in [3.63, 3.8) is 0 Å². The maximum Gasteiger partial charge on any atom is 1.00 e. The maximum absolute atomic E-state index is 10.0. The molecule has 0 radical (unpaired) electrons. The van der Waals surface area contributed by atoms with Crippen LogP contribution in [0.25, 0.3) is 0 Å². The third-order valence-corrected chi connectivity index (χ3v) is 3.48. The minimum Gasteiger partial charge on any atom is -0.724 e. The van der Waals surface area contributed by atoms with Gasteiger partial charge in [0.25, 0.3) is 0 Å². The van der Waals surface area contributed by atoms with Crippen LogP contribution in [0.2, 0.25) is 0 Å². The molecule has 0 aliphatic heterocycles. The minimum atomic E-state index is -4.71. The summed E-state index contributed by atoms with van der Waals surface area (Å²) in [5, 5.41) is 0. The Morgan fingerprint density at radius 2 is 1.14 bits per heavy atom. The molecule has 21 heavy (non-hydrogen) atoms. The third kappa shape index (κ3) is 23.2. The minimum absolute atomic E-state index is 0. The van der Waals surface area contributed by atoms with E-state index in [-0.39, 0.29) is 36.2 Å². The van der Waals surface area contributed by atoms with Crippen molar-refractivity contribution in [3.05, 3.63) is 0 Å². The molecule has 0 atom stereocenters. The quantitative estimate of drug-likeness (QED) is 0.112. The fourth-order valence-corrected chi connectivity index (χ4v) is 2.28. The summed E-state index contributed by atoms with van der Waals surface area (Å²) in [4.78, 5) is 4.29. The van der Waals surface area contributed by atoms with Gasteiger partial charge in [-0.1, -0.05) is 77.6 Å². The number of rotatable bonds is 15. The van der Waals surface area contributed by atoms with Gasteiger partial charge >= 0.3 is 29.6 Å². The number of hydrogen-bond acceptors (Lipinski definition) is 5. The molecule has 122 valence electrons. The zero-order valence-electron chi connectivity index (χ0n) is 13.6. The molecule has 0 aromatic heterocycles. The molecule has 0 spiro atoms. The fraction of sp³-hybridized carbons (Fsp3) is 1.00. The van der Waals surface area contributed by atoms with E-state index < -0.39 is 10.4 Å².